The molecule has 0 amide bonds. The predicted molar refractivity (Wildman–Crippen MR) is 93.8 cm³/mol. The Bertz CT molecular complexity index is 1120. The number of nitrogens with zero attached hydrogens (tertiary/aromatic N) is 4. The van der Waals surface area contributed by atoms with E-state index in [1.165, 1.54) is 18.7 Å². The Kier molecular flexibility index (Phi) is 3.50. The number of benzene rings is 1. The van der Waals surface area contributed by atoms with Crippen molar-refractivity contribution >= 4 is 11.2 Å². The molecule has 26 heavy (non-hydrogen) atoms. The quantitative estimate of drug-likeness (QED) is 0.381. The molecule has 0 spiro atoms. The molecular weight excluding hydrogens is 336 g/mol. The van der Waals surface area contributed by atoms with Crippen molar-refractivity contribution in [3.63, 3.8) is 0 Å². The monoisotopic (exact) mass is 352 g/mol. The zero-order valence-electron chi connectivity index (χ0n) is 14.0. The van der Waals surface area contributed by atoms with E-state index in [4.69, 9.17) is 0 Å². The Morgan fingerprint density at radius 1 is 1.00 bits per heavy atom. The van der Waals surface area contributed by atoms with Crippen LogP contribution in [0, 0.1) is 0 Å². The van der Waals surface area contributed by atoms with E-state index in [2.05, 4.69) is 30.1 Å². The van der Waals surface area contributed by atoms with Crippen molar-refractivity contribution in [3.8, 4) is 39.9 Å². The number of hydrogen-bond acceptors (Lipinski definition) is 7. The number of rotatable bonds is 3. The number of hydrogen-bond donors (Lipinski definition) is 5. The van der Waals surface area contributed by atoms with Crippen LogP contribution in [0.15, 0.2) is 24.8 Å². The number of nitrogens with one attached hydrogen (secondary N) is 2. The van der Waals surface area contributed by atoms with Gasteiger partial charge in [-0.05, 0) is 17.5 Å². The molecule has 0 bridgehead atoms. The maximum atomic E-state index is 10.4. The predicted octanol–water partition coefficient (Wildman–Crippen LogP) is 2.65. The summed E-state index contributed by atoms with van der Waals surface area (Å²) in [6.45, 7) is 3.86. The number of aromatic amines is 2. The van der Waals surface area contributed by atoms with Crippen LogP contribution in [0.1, 0.15) is 25.3 Å². The Labute approximate surface area is 147 Å². The summed E-state index contributed by atoms with van der Waals surface area (Å²) in [6, 6.07) is 2.94. The number of phenols is 2. The Morgan fingerprint density at radius 2 is 1.81 bits per heavy atom. The van der Waals surface area contributed by atoms with Gasteiger partial charge in [-0.3, -0.25) is 5.10 Å². The third-order valence-corrected chi connectivity index (χ3v) is 4.24. The molecule has 0 saturated heterocycles. The smallest absolute Gasteiger partial charge is 0.240 e. The minimum absolute atomic E-state index is 0.00302. The van der Waals surface area contributed by atoms with Crippen LogP contribution in [0.25, 0.3) is 33.7 Å². The summed E-state index contributed by atoms with van der Waals surface area (Å²) in [5, 5.41) is 37.3. The lowest BCUT2D eigenvalue weighted by atomic mass is 9.96. The first-order valence-corrected chi connectivity index (χ1v) is 7.95. The number of phenolic OH excluding ortho intramolecular Hbond substituents is 2. The molecule has 5 N–H and O–H groups in total. The molecule has 0 saturated carbocycles. The Morgan fingerprint density at radius 3 is 2.58 bits per heavy atom. The molecule has 0 aliphatic rings. The molecule has 4 aromatic rings. The van der Waals surface area contributed by atoms with Crippen molar-refractivity contribution in [2.24, 2.45) is 0 Å². The molecule has 1 aromatic carbocycles. The van der Waals surface area contributed by atoms with E-state index >= 15 is 0 Å². The zero-order valence-corrected chi connectivity index (χ0v) is 14.0. The molecule has 0 unspecified atom stereocenters. The van der Waals surface area contributed by atoms with E-state index in [0.717, 1.165) is 0 Å². The molecule has 4 rings (SSSR count). The van der Waals surface area contributed by atoms with Crippen molar-refractivity contribution in [2.45, 2.75) is 19.8 Å². The van der Waals surface area contributed by atoms with Crippen molar-refractivity contribution in [1.82, 2.24) is 30.1 Å². The molecular formula is C17H16N6O3. The number of fused-ring (bicyclic) bond motifs is 1. The van der Waals surface area contributed by atoms with Crippen molar-refractivity contribution < 1.29 is 15.3 Å². The minimum atomic E-state index is -0.276. The molecule has 0 aliphatic carbocycles. The first-order chi connectivity index (χ1) is 12.5. The molecule has 0 fully saturated rings. The second-order valence-corrected chi connectivity index (χ2v) is 6.20. The van der Waals surface area contributed by atoms with Gasteiger partial charge in [-0.25, -0.2) is 15.0 Å². The van der Waals surface area contributed by atoms with Crippen LogP contribution in [0.4, 0.5) is 0 Å². The van der Waals surface area contributed by atoms with E-state index in [1.807, 2.05) is 13.8 Å². The van der Waals surface area contributed by atoms with Gasteiger partial charge < -0.3 is 20.3 Å². The molecule has 3 aromatic heterocycles. The average Bonchev–Trinajstić information content (AvgIpc) is 3.21. The lowest BCUT2D eigenvalue weighted by Gasteiger charge is -2.13. The SMILES string of the molecule is CC(C)c1cc(-c2[nH]nc(O)c2-c2ncnc3[nH]cnc23)c(O)cc1O. The summed E-state index contributed by atoms with van der Waals surface area (Å²) in [7, 11) is 0. The lowest BCUT2D eigenvalue weighted by Crippen LogP contribution is -1.93. The van der Waals surface area contributed by atoms with Crippen LogP contribution in [0.3, 0.4) is 0 Å². The molecule has 9 heteroatoms. The molecule has 3 heterocycles. The van der Waals surface area contributed by atoms with Crippen LogP contribution in [0.5, 0.6) is 17.4 Å². The maximum absolute atomic E-state index is 10.4. The highest BCUT2D eigenvalue weighted by Gasteiger charge is 2.24. The summed E-state index contributed by atoms with van der Waals surface area (Å²) >= 11 is 0. The van der Waals surface area contributed by atoms with Gasteiger partial charge in [-0.1, -0.05) is 13.8 Å². The first kappa shape index (κ1) is 15.9. The molecule has 0 radical (unpaired) electrons. The summed E-state index contributed by atoms with van der Waals surface area (Å²) in [5.74, 6) is -0.389. The fraction of sp³-hybridized carbons (Fsp3) is 0.176. The van der Waals surface area contributed by atoms with Gasteiger partial charge in [-0.15, -0.1) is 5.10 Å². The molecule has 9 nitrogen and oxygen atoms in total. The summed E-state index contributed by atoms with van der Waals surface area (Å²) in [4.78, 5) is 15.4. The highest BCUT2D eigenvalue weighted by molar-refractivity contribution is 5.95. The van der Waals surface area contributed by atoms with Gasteiger partial charge in [0.15, 0.2) is 5.65 Å². The van der Waals surface area contributed by atoms with Crippen molar-refractivity contribution in [3.05, 3.63) is 30.4 Å². The molecule has 132 valence electrons. The van der Waals surface area contributed by atoms with E-state index in [0.29, 0.717) is 39.2 Å². The van der Waals surface area contributed by atoms with Crippen molar-refractivity contribution in [2.75, 3.05) is 0 Å². The number of aromatic nitrogens is 6. The molecule has 0 aliphatic heterocycles. The van der Waals surface area contributed by atoms with Crippen LogP contribution >= 0.6 is 0 Å². The van der Waals surface area contributed by atoms with Gasteiger partial charge in [0.2, 0.25) is 5.88 Å². The Balaban J connectivity index is 1.99. The third-order valence-electron chi connectivity index (χ3n) is 4.24. The maximum Gasteiger partial charge on any atom is 0.240 e. The number of imidazole rings is 1. The Hall–Kier alpha value is -3.62. The zero-order chi connectivity index (χ0) is 18.4. The van der Waals surface area contributed by atoms with Gasteiger partial charge in [-0.2, -0.15) is 0 Å². The van der Waals surface area contributed by atoms with E-state index in [1.54, 1.807) is 6.07 Å². The standard InChI is InChI=1S/C17H16N6O3/c1-7(2)8-3-9(11(25)4-10(8)24)13-12(17(26)23-22-13)14-15-16(20-5-18-14)21-6-19-15/h3-7,24-25H,1-2H3,(H2,22,23,26)(H,18,19,20,21). The van der Waals surface area contributed by atoms with E-state index in [-0.39, 0.29) is 23.3 Å². The molecule has 0 atom stereocenters. The topological polar surface area (TPSA) is 144 Å². The fourth-order valence-electron chi connectivity index (χ4n) is 2.96. The normalized spacial score (nSPS) is 11.5. The lowest BCUT2D eigenvalue weighted by molar-refractivity contribution is 0.445. The average molecular weight is 352 g/mol. The summed E-state index contributed by atoms with van der Waals surface area (Å²) < 4.78 is 0. The summed E-state index contributed by atoms with van der Waals surface area (Å²) in [6.07, 6.45) is 2.83. The van der Waals surface area contributed by atoms with Crippen LogP contribution in [0.2, 0.25) is 0 Å². The third kappa shape index (κ3) is 2.32. The van der Waals surface area contributed by atoms with Gasteiger partial charge in [0.1, 0.15) is 29.0 Å². The van der Waals surface area contributed by atoms with Gasteiger partial charge in [0.05, 0.1) is 17.6 Å². The van der Waals surface area contributed by atoms with Crippen molar-refractivity contribution in [1.29, 1.82) is 0 Å². The second-order valence-electron chi connectivity index (χ2n) is 6.20. The highest BCUT2D eigenvalue weighted by Crippen LogP contribution is 2.43. The van der Waals surface area contributed by atoms with E-state index < -0.39 is 0 Å². The first-order valence-electron chi connectivity index (χ1n) is 7.95. The second kappa shape index (κ2) is 5.73. The minimum Gasteiger partial charge on any atom is -0.508 e. The fourth-order valence-corrected chi connectivity index (χ4v) is 2.96. The van der Waals surface area contributed by atoms with Gasteiger partial charge in [0.25, 0.3) is 0 Å². The van der Waals surface area contributed by atoms with Crippen LogP contribution in [-0.2, 0) is 0 Å². The van der Waals surface area contributed by atoms with Gasteiger partial charge >= 0.3 is 0 Å². The van der Waals surface area contributed by atoms with E-state index in [9.17, 15) is 15.3 Å². The van der Waals surface area contributed by atoms with Crippen LogP contribution < -0.4 is 0 Å². The number of H-pyrrole nitrogens is 2. The van der Waals surface area contributed by atoms with Gasteiger partial charge in [0, 0.05) is 11.6 Å². The highest BCUT2D eigenvalue weighted by atomic mass is 16.3. The summed E-state index contributed by atoms with van der Waals surface area (Å²) in [5.41, 5.74) is 3.05. The number of aromatic hydroxyl groups is 3. The van der Waals surface area contributed by atoms with Crippen LogP contribution in [-0.4, -0.2) is 45.5 Å². The largest absolute Gasteiger partial charge is 0.508 e.